The molecule has 7 N–H and O–H groups in total. The van der Waals surface area contributed by atoms with Crippen molar-refractivity contribution >= 4 is 17.8 Å². The quantitative estimate of drug-likeness (QED) is 0.314. The van der Waals surface area contributed by atoms with Crippen LogP contribution in [-0.2, 0) is 14.4 Å². The second-order valence-electron chi connectivity index (χ2n) is 6.15. The maximum atomic E-state index is 12.3. The molecule has 1 rings (SSSR count). The van der Waals surface area contributed by atoms with Crippen molar-refractivity contribution in [2.75, 3.05) is 13.1 Å². The number of nitrogens with one attached hydrogen (secondary N) is 1. The Balaban J connectivity index is 2.53. The second-order valence-corrected chi connectivity index (χ2v) is 6.15. The monoisotopic (exact) mass is 344 g/mol. The Labute approximate surface area is 141 Å². The lowest BCUT2D eigenvalue weighted by Crippen LogP contribution is -2.54. The molecule has 9 nitrogen and oxygen atoms in total. The van der Waals surface area contributed by atoms with Gasteiger partial charge in [0.05, 0.1) is 0 Å². The molecule has 0 aromatic rings. The van der Waals surface area contributed by atoms with Crippen molar-refractivity contribution in [3.63, 3.8) is 0 Å². The average Bonchev–Trinajstić information content (AvgIpc) is 3.03. The van der Waals surface area contributed by atoms with Gasteiger partial charge in [-0.15, -0.1) is 0 Å². The fraction of sp³-hybridized carbons (Fsp3) is 0.800. The Hall–Kier alpha value is -1.71. The van der Waals surface area contributed by atoms with Crippen LogP contribution in [0.25, 0.3) is 0 Å². The first-order valence-corrected chi connectivity index (χ1v) is 8.27. The largest absolute Gasteiger partial charge is 0.480 e. The van der Waals surface area contributed by atoms with E-state index in [0.29, 0.717) is 38.8 Å². The molecule has 1 saturated heterocycles. The molecule has 0 spiro atoms. The third kappa shape index (κ3) is 5.43. The predicted octanol–water partition coefficient (Wildman–Crippen LogP) is -1.62. The summed E-state index contributed by atoms with van der Waals surface area (Å²) < 4.78 is 0. The van der Waals surface area contributed by atoms with Crippen LogP contribution >= 0.6 is 0 Å². The molecular formula is C15H28N4O5. The van der Waals surface area contributed by atoms with Gasteiger partial charge in [-0.05, 0) is 39.2 Å². The first kappa shape index (κ1) is 20.3. The fourth-order valence-corrected chi connectivity index (χ4v) is 2.77. The first-order valence-electron chi connectivity index (χ1n) is 8.27. The molecule has 1 fully saturated rings. The molecule has 0 aliphatic carbocycles. The molecule has 1 aliphatic heterocycles. The lowest BCUT2D eigenvalue weighted by atomic mass is 10.0. The zero-order chi connectivity index (χ0) is 18.3. The maximum absolute atomic E-state index is 12.3. The summed E-state index contributed by atoms with van der Waals surface area (Å²) in [6, 6.07) is -2.53. The Morgan fingerprint density at radius 3 is 2.58 bits per heavy atom. The number of nitrogens with zero attached hydrogens (tertiary/aromatic N) is 1. The van der Waals surface area contributed by atoms with Gasteiger partial charge in [0.2, 0.25) is 5.91 Å². The highest BCUT2D eigenvalue weighted by atomic mass is 16.4. The minimum atomic E-state index is -1.42. The summed E-state index contributed by atoms with van der Waals surface area (Å²) in [5.74, 6) is -2.26. The predicted molar refractivity (Wildman–Crippen MR) is 86.9 cm³/mol. The van der Waals surface area contributed by atoms with Gasteiger partial charge in [-0.2, -0.15) is 0 Å². The maximum Gasteiger partial charge on any atom is 0.326 e. The van der Waals surface area contributed by atoms with Gasteiger partial charge in [0.15, 0.2) is 0 Å². The summed E-state index contributed by atoms with van der Waals surface area (Å²) >= 11 is 0. The van der Waals surface area contributed by atoms with Gasteiger partial charge in [0.25, 0.3) is 5.91 Å². The molecule has 2 amide bonds. The number of amides is 2. The lowest BCUT2D eigenvalue weighted by Gasteiger charge is -2.26. The Morgan fingerprint density at radius 1 is 1.33 bits per heavy atom. The minimum Gasteiger partial charge on any atom is -0.480 e. The van der Waals surface area contributed by atoms with E-state index in [-0.39, 0.29) is 0 Å². The van der Waals surface area contributed by atoms with Crippen molar-refractivity contribution in [1.82, 2.24) is 10.2 Å². The van der Waals surface area contributed by atoms with Crippen molar-refractivity contribution in [2.24, 2.45) is 11.5 Å². The molecule has 0 radical (unpaired) electrons. The molecule has 1 heterocycles. The van der Waals surface area contributed by atoms with Gasteiger partial charge in [-0.25, -0.2) is 4.79 Å². The van der Waals surface area contributed by atoms with Crippen LogP contribution in [-0.4, -0.2) is 70.2 Å². The standard InChI is InChI=1S/C15H28N4O5/c1-9(14(22)19-8-4-6-11(19)15(23)24)18-13(21)12(20)10(17)5-2-3-7-16/h9-12,20H,2-8,16-17H2,1H3,(H,18,21)(H,23,24). The smallest absolute Gasteiger partial charge is 0.326 e. The summed E-state index contributed by atoms with van der Waals surface area (Å²) in [7, 11) is 0. The highest BCUT2D eigenvalue weighted by molar-refractivity contribution is 5.91. The summed E-state index contributed by atoms with van der Waals surface area (Å²) in [5.41, 5.74) is 11.1. The molecule has 24 heavy (non-hydrogen) atoms. The molecule has 4 atom stereocenters. The van der Waals surface area contributed by atoms with Crippen molar-refractivity contribution < 1.29 is 24.6 Å². The number of unbranched alkanes of at least 4 members (excludes halogenated alkanes) is 1. The molecule has 0 aromatic carbocycles. The normalized spacial score (nSPS) is 21.2. The van der Waals surface area contributed by atoms with Crippen LogP contribution in [0.1, 0.15) is 39.0 Å². The van der Waals surface area contributed by atoms with Crippen molar-refractivity contribution in [2.45, 2.75) is 63.3 Å². The topological polar surface area (TPSA) is 159 Å². The number of nitrogens with two attached hydrogens (primary N) is 2. The number of rotatable bonds is 9. The SMILES string of the molecule is CC(NC(=O)C(O)C(N)CCCCN)C(=O)N1CCCC1C(=O)O. The van der Waals surface area contributed by atoms with Crippen molar-refractivity contribution in [1.29, 1.82) is 0 Å². The van der Waals surface area contributed by atoms with Crippen LogP contribution in [0.3, 0.4) is 0 Å². The lowest BCUT2D eigenvalue weighted by molar-refractivity contribution is -0.149. The van der Waals surface area contributed by atoms with E-state index in [2.05, 4.69) is 5.32 Å². The van der Waals surface area contributed by atoms with E-state index in [9.17, 15) is 19.5 Å². The Morgan fingerprint density at radius 2 is 2.00 bits per heavy atom. The number of aliphatic hydroxyl groups excluding tert-OH is 1. The number of hydrogen-bond donors (Lipinski definition) is 5. The highest BCUT2D eigenvalue weighted by Crippen LogP contribution is 2.18. The van der Waals surface area contributed by atoms with Gasteiger partial charge in [0.1, 0.15) is 18.2 Å². The van der Waals surface area contributed by atoms with Gasteiger partial charge in [-0.1, -0.05) is 6.42 Å². The summed E-state index contributed by atoms with van der Waals surface area (Å²) in [6.07, 6.45) is 1.48. The molecule has 9 heteroatoms. The molecule has 138 valence electrons. The molecule has 0 bridgehead atoms. The Bertz CT molecular complexity index is 459. The van der Waals surface area contributed by atoms with E-state index in [1.807, 2.05) is 0 Å². The number of carboxylic acid groups (broad SMARTS) is 1. The third-order valence-corrected chi connectivity index (χ3v) is 4.22. The zero-order valence-electron chi connectivity index (χ0n) is 14.0. The summed E-state index contributed by atoms with van der Waals surface area (Å²) in [4.78, 5) is 36.7. The molecular weight excluding hydrogens is 316 g/mol. The van der Waals surface area contributed by atoms with Crippen LogP contribution in [0.2, 0.25) is 0 Å². The summed E-state index contributed by atoms with van der Waals surface area (Å²) in [6.45, 7) is 2.32. The van der Waals surface area contributed by atoms with E-state index in [1.54, 1.807) is 0 Å². The van der Waals surface area contributed by atoms with Crippen LogP contribution < -0.4 is 16.8 Å². The average molecular weight is 344 g/mol. The van der Waals surface area contributed by atoms with Gasteiger partial charge in [0, 0.05) is 12.6 Å². The van der Waals surface area contributed by atoms with Crippen LogP contribution in [0, 0.1) is 0 Å². The molecule has 0 saturated carbocycles. The molecule has 0 aromatic heterocycles. The molecule has 4 unspecified atom stereocenters. The highest BCUT2D eigenvalue weighted by Gasteiger charge is 2.36. The third-order valence-electron chi connectivity index (χ3n) is 4.22. The second kappa shape index (κ2) is 9.55. The van der Waals surface area contributed by atoms with Crippen molar-refractivity contribution in [3.05, 3.63) is 0 Å². The minimum absolute atomic E-state index is 0.344. The van der Waals surface area contributed by atoms with E-state index in [1.165, 1.54) is 11.8 Å². The number of carbonyl (C=O) groups excluding carboxylic acids is 2. The number of aliphatic carboxylic acids is 1. The number of carbonyl (C=O) groups is 3. The number of hydrogen-bond acceptors (Lipinski definition) is 6. The fourth-order valence-electron chi connectivity index (χ4n) is 2.77. The molecule has 1 aliphatic rings. The van der Waals surface area contributed by atoms with E-state index < -0.39 is 42.0 Å². The number of likely N-dealkylation sites (tertiary alicyclic amines) is 1. The van der Waals surface area contributed by atoms with Crippen LogP contribution in [0.15, 0.2) is 0 Å². The van der Waals surface area contributed by atoms with Crippen LogP contribution in [0.4, 0.5) is 0 Å². The van der Waals surface area contributed by atoms with E-state index in [0.717, 1.165) is 6.42 Å². The van der Waals surface area contributed by atoms with E-state index >= 15 is 0 Å². The van der Waals surface area contributed by atoms with Crippen molar-refractivity contribution in [3.8, 4) is 0 Å². The van der Waals surface area contributed by atoms with Gasteiger partial charge in [-0.3, -0.25) is 9.59 Å². The van der Waals surface area contributed by atoms with Gasteiger partial charge >= 0.3 is 5.97 Å². The number of aliphatic hydroxyl groups is 1. The van der Waals surface area contributed by atoms with E-state index in [4.69, 9.17) is 16.6 Å². The summed E-state index contributed by atoms with van der Waals surface area (Å²) in [5, 5.41) is 21.5. The zero-order valence-corrected chi connectivity index (χ0v) is 14.0. The Kier molecular flexibility index (Phi) is 8.09. The van der Waals surface area contributed by atoms with Gasteiger partial charge < -0.3 is 31.9 Å². The first-order chi connectivity index (χ1) is 11.3. The van der Waals surface area contributed by atoms with Crippen LogP contribution in [0.5, 0.6) is 0 Å². The number of carboxylic acids is 1.